The number of hydrogen-bond acceptors (Lipinski definition) is 3. The molecule has 0 aliphatic carbocycles. The fourth-order valence-corrected chi connectivity index (χ4v) is 2.61. The van der Waals surface area contributed by atoms with Crippen molar-refractivity contribution in [1.29, 1.82) is 0 Å². The molecule has 0 spiro atoms. The Morgan fingerprint density at radius 3 is 2.62 bits per heavy atom. The van der Waals surface area contributed by atoms with Crippen molar-refractivity contribution in [2.75, 3.05) is 7.11 Å². The molecule has 0 aliphatic heterocycles. The van der Waals surface area contributed by atoms with E-state index in [1.165, 1.54) is 25.3 Å². The van der Waals surface area contributed by atoms with Crippen LogP contribution in [0.3, 0.4) is 0 Å². The van der Waals surface area contributed by atoms with E-state index in [0.717, 1.165) is 0 Å². The van der Waals surface area contributed by atoms with Crippen LogP contribution in [0.1, 0.15) is 29.2 Å². The lowest BCUT2D eigenvalue weighted by Gasteiger charge is -2.17. The molecule has 112 valence electrons. The highest BCUT2D eigenvalue weighted by atomic mass is 35.5. The summed E-state index contributed by atoms with van der Waals surface area (Å²) in [6, 6.07) is 4.21. The summed E-state index contributed by atoms with van der Waals surface area (Å²) in [6.07, 6.45) is -0.182. The highest BCUT2D eigenvalue weighted by molar-refractivity contribution is 6.31. The van der Waals surface area contributed by atoms with Crippen molar-refractivity contribution in [1.82, 2.24) is 10.2 Å². The molecule has 1 aromatic heterocycles. The fraction of sp³-hybridized carbons (Fsp3) is 0.286. The fourth-order valence-electron chi connectivity index (χ4n) is 2.32. The predicted octanol–water partition coefficient (Wildman–Crippen LogP) is 2.50. The first kappa shape index (κ1) is 15.3. The zero-order valence-corrected chi connectivity index (χ0v) is 12.3. The molecule has 1 atom stereocenters. The van der Waals surface area contributed by atoms with Crippen LogP contribution in [-0.4, -0.2) is 23.3 Å². The first-order valence-electron chi connectivity index (χ1n) is 6.23. The molecule has 0 aliphatic rings. The second-order valence-electron chi connectivity index (χ2n) is 4.59. The van der Waals surface area contributed by atoms with E-state index in [1.807, 2.05) is 0 Å². The summed E-state index contributed by atoms with van der Waals surface area (Å²) in [5.41, 5.74) is 0.485. The van der Waals surface area contributed by atoms with Gasteiger partial charge in [-0.2, -0.15) is 0 Å². The number of hydrogen-bond donors (Lipinski definition) is 2. The number of aromatic nitrogens is 2. The molecule has 0 amide bonds. The van der Waals surface area contributed by atoms with Crippen LogP contribution >= 0.6 is 11.6 Å². The van der Waals surface area contributed by atoms with Gasteiger partial charge in [-0.3, -0.25) is 14.7 Å². The smallest absolute Gasteiger partial charge is 0.306 e. The number of ether oxygens (including phenoxy) is 1. The molecule has 2 N–H and O–H groups in total. The van der Waals surface area contributed by atoms with Gasteiger partial charge in [-0.15, -0.1) is 0 Å². The van der Waals surface area contributed by atoms with Gasteiger partial charge in [0.05, 0.1) is 13.5 Å². The molecule has 0 saturated heterocycles. The summed E-state index contributed by atoms with van der Waals surface area (Å²) in [4.78, 5) is 23.6. The lowest BCUT2D eigenvalue weighted by atomic mass is 9.88. The number of methoxy groups -OCH3 is 1. The van der Waals surface area contributed by atoms with E-state index in [1.54, 1.807) is 6.92 Å². The van der Waals surface area contributed by atoms with E-state index in [9.17, 15) is 14.0 Å². The Kier molecular flexibility index (Phi) is 4.47. The maximum atomic E-state index is 14.2. The van der Waals surface area contributed by atoms with Gasteiger partial charge in [0.2, 0.25) is 0 Å². The van der Waals surface area contributed by atoms with Crippen molar-refractivity contribution in [3.8, 4) is 0 Å². The van der Waals surface area contributed by atoms with Crippen LogP contribution < -0.4 is 5.56 Å². The largest absolute Gasteiger partial charge is 0.469 e. The van der Waals surface area contributed by atoms with E-state index in [-0.39, 0.29) is 22.6 Å². The number of esters is 1. The Labute approximate surface area is 125 Å². The standard InChI is InChI=1S/C14H14ClFN2O3/c1-7-12(14(20)18-17-7)8(6-11(19)21-2)13-9(15)4-3-5-10(13)16/h3-5,8H,6H2,1-2H3,(H2,17,18,20)/t8-/m0/s1. The maximum Gasteiger partial charge on any atom is 0.306 e. The van der Waals surface area contributed by atoms with Gasteiger partial charge < -0.3 is 9.84 Å². The van der Waals surface area contributed by atoms with Crippen molar-refractivity contribution in [2.24, 2.45) is 0 Å². The highest BCUT2D eigenvalue weighted by Gasteiger charge is 2.28. The van der Waals surface area contributed by atoms with E-state index in [2.05, 4.69) is 14.9 Å². The van der Waals surface area contributed by atoms with Crippen LogP contribution in [0.5, 0.6) is 0 Å². The van der Waals surface area contributed by atoms with E-state index in [0.29, 0.717) is 5.69 Å². The molecule has 5 nitrogen and oxygen atoms in total. The van der Waals surface area contributed by atoms with Crippen molar-refractivity contribution in [3.05, 3.63) is 56.2 Å². The van der Waals surface area contributed by atoms with Crippen LogP contribution in [0.2, 0.25) is 5.02 Å². The van der Waals surface area contributed by atoms with Gasteiger partial charge in [0, 0.05) is 27.8 Å². The summed E-state index contributed by atoms with van der Waals surface area (Å²) >= 11 is 6.06. The zero-order valence-electron chi connectivity index (χ0n) is 11.5. The Hall–Kier alpha value is -2.08. The van der Waals surface area contributed by atoms with Crippen molar-refractivity contribution in [3.63, 3.8) is 0 Å². The number of carbonyl (C=O) groups is 1. The van der Waals surface area contributed by atoms with Crippen LogP contribution in [0.4, 0.5) is 4.39 Å². The van der Waals surface area contributed by atoms with Crippen LogP contribution in [0.25, 0.3) is 0 Å². The van der Waals surface area contributed by atoms with Crippen LogP contribution in [-0.2, 0) is 9.53 Å². The SMILES string of the molecule is COC(=O)C[C@H](c1c(F)cccc1Cl)c1c(C)[nH][nH]c1=O. The quantitative estimate of drug-likeness (QED) is 0.852. The molecule has 2 rings (SSSR count). The molecule has 7 heteroatoms. The number of aryl methyl sites for hydroxylation is 1. The second-order valence-corrected chi connectivity index (χ2v) is 4.99. The van der Waals surface area contributed by atoms with Gasteiger partial charge in [0.15, 0.2) is 0 Å². The monoisotopic (exact) mass is 312 g/mol. The van der Waals surface area contributed by atoms with Crippen molar-refractivity contribution < 1.29 is 13.9 Å². The summed E-state index contributed by atoms with van der Waals surface area (Å²) in [6.45, 7) is 1.66. The Bertz CT molecular complexity index is 703. The van der Waals surface area contributed by atoms with Crippen molar-refractivity contribution in [2.45, 2.75) is 19.3 Å². The van der Waals surface area contributed by atoms with Crippen LogP contribution in [0.15, 0.2) is 23.0 Å². The van der Waals surface area contributed by atoms with Gasteiger partial charge >= 0.3 is 5.97 Å². The molecular weight excluding hydrogens is 299 g/mol. The minimum Gasteiger partial charge on any atom is -0.469 e. The molecule has 0 unspecified atom stereocenters. The number of H-pyrrole nitrogens is 2. The molecule has 2 aromatic rings. The lowest BCUT2D eigenvalue weighted by molar-refractivity contribution is -0.140. The van der Waals surface area contributed by atoms with E-state index < -0.39 is 23.3 Å². The minimum atomic E-state index is -0.818. The second kappa shape index (κ2) is 6.13. The van der Waals surface area contributed by atoms with Crippen LogP contribution in [0, 0.1) is 12.7 Å². The Morgan fingerprint density at radius 2 is 2.10 bits per heavy atom. The van der Waals surface area contributed by atoms with Gasteiger partial charge in [-0.05, 0) is 19.1 Å². The van der Waals surface area contributed by atoms with Gasteiger partial charge in [-0.1, -0.05) is 17.7 Å². The average Bonchev–Trinajstić information content (AvgIpc) is 2.76. The molecule has 0 fully saturated rings. The van der Waals surface area contributed by atoms with Gasteiger partial charge in [0.1, 0.15) is 5.82 Å². The number of aromatic amines is 2. The van der Waals surface area contributed by atoms with Gasteiger partial charge in [0.25, 0.3) is 5.56 Å². The Morgan fingerprint density at radius 1 is 1.38 bits per heavy atom. The first-order valence-corrected chi connectivity index (χ1v) is 6.61. The van der Waals surface area contributed by atoms with E-state index in [4.69, 9.17) is 11.6 Å². The molecule has 0 bridgehead atoms. The average molecular weight is 313 g/mol. The topological polar surface area (TPSA) is 75.0 Å². The summed E-state index contributed by atoms with van der Waals surface area (Å²) in [7, 11) is 1.23. The normalized spacial score (nSPS) is 12.2. The minimum absolute atomic E-state index is 0.109. The number of benzene rings is 1. The molecule has 21 heavy (non-hydrogen) atoms. The summed E-state index contributed by atoms with van der Waals surface area (Å²) in [5.74, 6) is -1.95. The molecule has 0 radical (unpaired) electrons. The number of nitrogens with one attached hydrogen (secondary N) is 2. The Balaban J connectivity index is 2.62. The summed E-state index contributed by atoms with van der Waals surface area (Å²) < 4.78 is 18.8. The third-order valence-corrected chi connectivity index (χ3v) is 3.64. The molecule has 1 heterocycles. The molecular formula is C14H14ClFN2O3. The summed E-state index contributed by atoms with van der Waals surface area (Å²) in [5, 5.41) is 5.24. The maximum absolute atomic E-state index is 14.2. The van der Waals surface area contributed by atoms with Crippen molar-refractivity contribution >= 4 is 17.6 Å². The number of halogens is 2. The highest BCUT2D eigenvalue weighted by Crippen LogP contribution is 2.34. The third kappa shape index (κ3) is 3.00. The van der Waals surface area contributed by atoms with Gasteiger partial charge in [-0.25, -0.2) is 4.39 Å². The predicted molar refractivity (Wildman–Crippen MR) is 76.0 cm³/mol. The number of carbonyl (C=O) groups excluding carboxylic acids is 1. The lowest BCUT2D eigenvalue weighted by Crippen LogP contribution is -2.18. The number of rotatable bonds is 4. The molecule has 1 aromatic carbocycles. The zero-order chi connectivity index (χ0) is 15.6. The molecule has 0 saturated carbocycles. The third-order valence-electron chi connectivity index (χ3n) is 3.31. The van der Waals surface area contributed by atoms with E-state index >= 15 is 0 Å². The first-order chi connectivity index (χ1) is 9.95.